The van der Waals surface area contributed by atoms with Gasteiger partial charge in [-0.05, 0) is 38.5 Å². The Kier molecular flexibility index (Phi) is 5.05. The summed E-state index contributed by atoms with van der Waals surface area (Å²) in [6, 6.07) is 0.682. The van der Waals surface area contributed by atoms with Gasteiger partial charge >= 0.3 is 0 Å². The van der Waals surface area contributed by atoms with Gasteiger partial charge in [0, 0.05) is 31.8 Å². The minimum Gasteiger partial charge on any atom is -0.383 e. The zero-order valence-electron chi connectivity index (χ0n) is 12.2. The molecule has 3 nitrogen and oxygen atoms in total. The fourth-order valence-corrected chi connectivity index (χ4v) is 3.71. The molecule has 0 bridgehead atoms. The van der Waals surface area contributed by atoms with E-state index in [9.17, 15) is 0 Å². The van der Waals surface area contributed by atoms with Crippen LogP contribution in [0.2, 0.25) is 0 Å². The number of methoxy groups -OCH3 is 1. The predicted octanol–water partition coefficient (Wildman–Crippen LogP) is 2.39. The maximum absolute atomic E-state index is 6.19. The van der Waals surface area contributed by atoms with Crippen molar-refractivity contribution >= 4 is 0 Å². The highest BCUT2D eigenvalue weighted by Gasteiger charge is 2.43. The average Bonchev–Trinajstić information content (AvgIpc) is 3.24. The summed E-state index contributed by atoms with van der Waals surface area (Å²) in [5.41, 5.74) is 6.45. The Hall–Kier alpha value is -0.120. The maximum atomic E-state index is 6.19. The van der Waals surface area contributed by atoms with Crippen LogP contribution in [0.5, 0.6) is 0 Å². The summed E-state index contributed by atoms with van der Waals surface area (Å²) >= 11 is 0. The molecule has 0 saturated heterocycles. The lowest BCUT2D eigenvalue weighted by molar-refractivity contribution is -0.00163. The summed E-state index contributed by atoms with van der Waals surface area (Å²) in [7, 11) is 1.80. The molecule has 0 radical (unpaired) electrons. The lowest BCUT2D eigenvalue weighted by Crippen LogP contribution is -2.59. The fourth-order valence-electron chi connectivity index (χ4n) is 3.71. The van der Waals surface area contributed by atoms with Gasteiger partial charge in [-0.15, -0.1) is 0 Å². The van der Waals surface area contributed by atoms with Crippen LogP contribution in [0.15, 0.2) is 0 Å². The maximum Gasteiger partial charge on any atom is 0.0590 e. The summed E-state index contributed by atoms with van der Waals surface area (Å²) in [4.78, 5) is 2.70. The molecule has 2 aliphatic carbocycles. The van der Waals surface area contributed by atoms with Gasteiger partial charge < -0.3 is 10.5 Å². The first-order valence-electron chi connectivity index (χ1n) is 7.69. The lowest BCUT2D eigenvalue weighted by Gasteiger charge is -2.49. The molecule has 106 valence electrons. The molecule has 1 unspecified atom stereocenters. The van der Waals surface area contributed by atoms with E-state index in [1.165, 1.54) is 44.9 Å². The van der Waals surface area contributed by atoms with Gasteiger partial charge in [0.25, 0.3) is 0 Å². The van der Waals surface area contributed by atoms with E-state index in [-0.39, 0.29) is 5.54 Å². The van der Waals surface area contributed by atoms with E-state index in [0.29, 0.717) is 6.04 Å². The average molecular weight is 254 g/mol. The SMILES string of the molecule is COCCN(C(C)C1CC1)C1(CN)CCCCC1. The van der Waals surface area contributed by atoms with Gasteiger partial charge in [-0.1, -0.05) is 19.3 Å². The minimum atomic E-state index is 0.263. The number of hydrogen-bond acceptors (Lipinski definition) is 3. The third kappa shape index (κ3) is 3.06. The third-order valence-corrected chi connectivity index (χ3v) is 5.11. The second-order valence-corrected chi connectivity index (χ2v) is 6.25. The molecule has 2 N–H and O–H groups in total. The predicted molar refractivity (Wildman–Crippen MR) is 75.6 cm³/mol. The first-order valence-corrected chi connectivity index (χ1v) is 7.69. The monoisotopic (exact) mass is 254 g/mol. The van der Waals surface area contributed by atoms with Gasteiger partial charge in [0.15, 0.2) is 0 Å². The summed E-state index contributed by atoms with van der Waals surface area (Å²) in [6.07, 6.45) is 9.46. The summed E-state index contributed by atoms with van der Waals surface area (Å²) in [6.45, 7) is 5.09. The van der Waals surface area contributed by atoms with E-state index in [1.54, 1.807) is 7.11 Å². The van der Waals surface area contributed by atoms with Crippen LogP contribution in [0.4, 0.5) is 0 Å². The van der Waals surface area contributed by atoms with Gasteiger partial charge in [0.1, 0.15) is 0 Å². The highest BCUT2D eigenvalue weighted by Crippen LogP contribution is 2.41. The first kappa shape index (κ1) is 14.3. The topological polar surface area (TPSA) is 38.5 Å². The largest absolute Gasteiger partial charge is 0.383 e. The Labute approximate surface area is 112 Å². The molecule has 2 aliphatic rings. The number of rotatable bonds is 7. The lowest BCUT2D eigenvalue weighted by atomic mass is 9.79. The molecule has 0 amide bonds. The van der Waals surface area contributed by atoms with E-state index < -0.39 is 0 Å². The van der Waals surface area contributed by atoms with Gasteiger partial charge in [-0.3, -0.25) is 4.90 Å². The molecule has 0 aromatic carbocycles. The van der Waals surface area contributed by atoms with Crippen LogP contribution in [0.25, 0.3) is 0 Å². The van der Waals surface area contributed by atoms with E-state index in [1.807, 2.05) is 0 Å². The molecular weight excluding hydrogens is 224 g/mol. The molecule has 3 heteroatoms. The Morgan fingerprint density at radius 3 is 2.44 bits per heavy atom. The van der Waals surface area contributed by atoms with Gasteiger partial charge in [0.2, 0.25) is 0 Å². The first-order chi connectivity index (χ1) is 8.73. The zero-order chi connectivity index (χ0) is 13.0. The number of ether oxygens (including phenoxy) is 1. The fraction of sp³-hybridized carbons (Fsp3) is 1.00. The van der Waals surface area contributed by atoms with E-state index in [4.69, 9.17) is 10.5 Å². The third-order valence-electron chi connectivity index (χ3n) is 5.11. The minimum absolute atomic E-state index is 0.263. The molecule has 2 fully saturated rings. The molecule has 2 rings (SSSR count). The molecular formula is C15H30N2O. The Balaban J connectivity index is 2.07. The van der Waals surface area contributed by atoms with Gasteiger partial charge in [-0.2, -0.15) is 0 Å². The number of hydrogen-bond donors (Lipinski definition) is 1. The smallest absolute Gasteiger partial charge is 0.0590 e. The second-order valence-electron chi connectivity index (χ2n) is 6.25. The summed E-state index contributed by atoms with van der Waals surface area (Å²) < 4.78 is 5.32. The van der Waals surface area contributed by atoms with Crippen molar-refractivity contribution < 1.29 is 4.74 Å². The van der Waals surface area contributed by atoms with E-state index in [0.717, 1.165) is 25.6 Å². The summed E-state index contributed by atoms with van der Waals surface area (Å²) in [5, 5.41) is 0. The summed E-state index contributed by atoms with van der Waals surface area (Å²) in [5.74, 6) is 0.909. The van der Waals surface area contributed by atoms with Crippen molar-refractivity contribution in [1.82, 2.24) is 4.90 Å². The molecule has 1 atom stereocenters. The van der Waals surface area contributed by atoms with E-state index in [2.05, 4.69) is 11.8 Å². The van der Waals surface area contributed by atoms with Crippen LogP contribution < -0.4 is 5.73 Å². The van der Waals surface area contributed by atoms with Crippen molar-refractivity contribution in [1.29, 1.82) is 0 Å². The van der Waals surface area contributed by atoms with Crippen LogP contribution in [-0.2, 0) is 4.74 Å². The van der Waals surface area contributed by atoms with Crippen LogP contribution in [0, 0.1) is 5.92 Å². The standard InChI is InChI=1S/C15H30N2O/c1-13(14-6-7-14)17(10-11-18-2)15(12-16)8-4-3-5-9-15/h13-14H,3-12,16H2,1-2H3. The van der Waals surface area contributed by atoms with E-state index >= 15 is 0 Å². The second kappa shape index (κ2) is 6.36. The molecule has 18 heavy (non-hydrogen) atoms. The molecule has 0 aromatic heterocycles. The quantitative estimate of drug-likeness (QED) is 0.758. The highest BCUT2D eigenvalue weighted by atomic mass is 16.5. The molecule has 0 aromatic rings. The van der Waals surface area contributed by atoms with Crippen molar-refractivity contribution in [2.24, 2.45) is 11.7 Å². The van der Waals surface area contributed by atoms with Crippen molar-refractivity contribution in [3.63, 3.8) is 0 Å². The van der Waals surface area contributed by atoms with Gasteiger partial charge in [0.05, 0.1) is 6.61 Å². The van der Waals surface area contributed by atoms with Crippen molar-refractivity contribution in [2.45, 2.75) is 63.5 Å². The number of nitrogens with two attached hydrogens (primary N) is 1. The highest BCUT2D eigenvalue weighted by molar-refractivity contribution is 4.99. The van der Waals surface area contributed by atoms with Crippen LogP contribution >= 0.6 is 0 Å². The molecule has 2 saturated carbocycles. The molecule has 0 spiro atoms. The van der Waals surface area contributed by atoms with Crippen molar-refractivity contribution in [3.05, 3.63) is 0 Å². The van der Waals surface area contributed by atoms with Gasteiger partial charge in [-0.25, -0.2) is 0 Å². The van der Waals surface area contributed by atoms with Crippen LogP contribution in [0.1, 0.15) is 51.9 Å². The normalized spacial score (nSPS) is 25.3. The van der Waals surface area contributed by atoms with Crippen LogP contribution in [-0.4, -0.2) is 43.3 Å². The molecule has 0 aliphatic heterocycles. The number of nitrogens with zero attached hydrogens (tertiary/aromatic N) is 1. The zero-order valence-corrected chi connectivity index (χ0v) is 12.2. The Bertz CT molecular complexity index is 247. The van der Waals surface area contributed by atoms with Crippen molar-refractivity contribution in [3.8, 4) is 0 Å². The van der Waals surface area contributed by atoms with Crippen molar-refractivity contribution in [2.75, 3.05) is 26.8 Å². The Morgan fingerprint density at radius 2 is 1.94 bits per heavy atom. The Morgan fingerprint density at radius 1 is 1.28 bits per heavy atom. The van der Waals surface area contributed by atoms with Crippen LogP contribution in [0.3, 0.4) is 0 Å². The molecule has 0 heterocycles.